The number of nitrogens with zero attached hydrogens (tertiary/aromatic N) is 2. The molecule has 3 aromatic rings. The minimum absolute atomic E-state index is 0.0715. The highest BCUT2D eigenvalue weighted by Crippen LogP contribution is 2.28. The summed E-state index contributed by atoms with van der Waals surface area (Å²) in [6, 6.07) is 20.0. The third-order valence-electron chi connectivity index (χ3n) is 7.21. The summed E-state index contributed by atoms with van der Waals surface area (Å²) in [7, 11) is -2.54. The van der Waals surface area contributed by atoms with E-state index in [1.54, 1.807) is 62.6 Å². The Hall–Kier alpha value is -3.85. The summed E-state index contributed by atoms with van der Waals surface area (Å²) in [5.41, 5.74) is 2.93. The molecule has 0 fully saturated rings. The van der Waals surface area contributed by atoms with Gasteiger partial charge < -0.3 is 15.0 Å². The van der Waals surface area contributed by atoms with Gasteiger partial charge in [-0.3, -0.25) is 13.9 Å². The number of aryl methyl sites for hydroxylation is 2. The van der Waals surface area contributed by atoms with Crippen LogP contribution in [0.25, 0.3) is 0 Å². The Labute approximate surface area is 244 Å². The SMILES string of the molecule is CCc1ccccc1N(CC(=O)N(Cc1ccc(OC)cc1)[C@H](C)C(=O)N[C@H](C)CC)S(=O)(=O)c1ccc(C)cc1. The maximum atomic E-state index is 14.1. The fourth-order valence-electron chi connectivity index (χ4n) is 4.38. The molecule has 220 valence electrons. The minimum atomic E-state index is -4.11. The summed E-state index contributed by atoms with van der Waals surface area (Å²) >= 11 is 0. The molecule has 41 heavy (non-hydrogen) atoms. The van der Waals surface area contributed by atoms with E-state index in [-0.39, 0.29) is 23.4 Å². The van der Waals surface area contributed by atoms with Crippen LogP contribution in [-0.4, -0.2) is 50.9 Å². The second-order valence-corrected chi connectivity index (χ2v) is 12.0. The van der Waals surface area contributed by atoms with Crippen LogP contribution >= 0.6 is 0 Å². The molecule has 0 saturated heterocycles. The van der Waals surface area contributed by atoms with Gasteiger partial charge in [0.25, 0.3) is 10.0 Å². The fraction of sp³-hybridized carbons (Fsp3) is 0.375. The Bertz CT molecular complexity index is 1420. The number of hydrogen-bond acceptors (Lipinski definition) is 5. The molecule has 9 heteroatoms. The van der Waals surface area contributed by atoms with Crippen molar-refractivity contribution in [3.05, 3.63) is 89.5 Å². The summed E-state index contributed by atoms with van der Waals surface area (Å²) in [4.78, 5) is 28.8. The number of carbonyl (C=O) groups excluding carboxylic acids is 2. The lowest BCUT2D eigenvalue weighted by Crippen LogP contribution is -2.52. The number of hydrogen-bond donors (Lipinski definition) is 1. The predicted octanol–water partition coefficient (Wildman–Crippen LogP) is 5.09. The van der Waals surface area contributed by atoms with Gasteiger partial charge in [-0.1, -0.05) is 61.9 Å². The van der Waals surface area contributed by atoms with Gasteiger partial charge in [0, 0.05) is 12.6 Å². The first-order chi connectivity index (χ1) is 19.5. The lowest BCUT2D eigenvalue weighted by Gasteiger charge is -2.33. The third kappa shape index (κ3) is 7.88. The van der Waals surface area contributed by atoms with E-state index >= 15 is 0 Å². The van der Waals surface area contributed by atoms with Crippen LogP contribution in [0.1, 0.15) is 50.8 Å². The normalized spacial score (nSPS) is 12.7. The standard InChI is InChI=1S/C32H41N3O5S/c1-7-24(4)33-32(37)25(5)34(21-26-15-17-28(40-6)18-16-26)31(36)22-35(30-12-10-9-11-27(30)8-2)41(38,39)29-19-13-23(3)14-20-29/h9-20,24-25H,7-8,21-22H2,1-6H3,(H,33,37)/t24-,25-/m1/s1. The molecule has 0 spiro atoms. The van der Waals surface area contributed by atoms with Crippen LogP contribution in [0.5, 0.6) is 5.75 Å². The molecular formula is C32H41N3O5S. The Morgan fingerprint density at radius 2 is 1.56 bits per heavy atom. The Balaban J connectivity index is 2.05. The van der Waals surface area contributed by atoms with Crippen LogP contribution in [-0.2, 0) is 32.6 Å². The van der Waals surface area contributed by atoms with Crippen LogP contribution in [0.15, 0.2) is 77.7 Å². The lowest BCUT2D eigenvalue weighted by molar-refractivity contribution is -0.139. The van der Waals surface area contributed by atoms with Gasteiger partial charge in [0.05, 0.1) is 17.7 Å². The highest BCUT2D eigenvalue weighted by molar-refractivity contribution is 7.92. The highest BCUT2D eigenvalue weighted by atomic mass is 32.2. The number of benzene rings is 3. The first kappa shape index (κ1) is 31.7. The molecule has 2 atom stereocenters. The van der Waals surface area contributed by atoms with Crippen LogP contribution in [0.4, 0.5) is 5.69 Å². The average molecular weight is 580 g/mol. The summed E-state index contributed by atoms with van der Waals surface area (Å²) in [5.74, 6) is -0.127. The van der Waals surface area contributed by atoms with Crippen molar-refractivity contribution in [3.8, 4) is 5.75 Å². The second kappa shape index (κ2) is 14.2. The highest BCUT2D eigenvalue weighted by Gasteiger charge is 2.33. The molecule has 0 heterocycles. The molecule has 0 radical (unpaired) electrons. The number of nitrogens with one attached hydrogen (secondary N) is 1. The number of rotatable bonds is 13. The number of para-hydroxylation sites is 1. The van der Waals surface area contributed by atoms with Crippen molar-refractivity contribution >= 4 is 27.5 Å². The van der Waals surface area contributed by atoms with E-state index in [9.17, 15) is 18.0 Å². The molecule has 3 aromatic carbocycles. The van der Waals surface area contributed by atoms with E-state index in [1.165, 1.54) is 9.21 Å². The largest absolute Gasteiger partial charge is 0.497 e. The maximum Gasteiger partial charge on any atom is 0.264 e. The molecular weight excluding hydrogens is 538 g/mol. The number of anilines is 1. The van der Waals surface area contributed by atoms with Gasteiger partial charge in [-0.05, 0) is 75.1 Å². The van der Waals surface area contributed by atoms with Crippen molar-refractivity contribution in [2.45, 2.75) is 71.0 Å². The van der Waals surface area contributed by atoms with Gasteiger partial charge in [-0.2, -0.15) is 0 Å². The van der Waals surface area contributed by atoms with Crippen molar-refractivity contribution < 1.29 is 22.7 Å². The molecule has 0 bridgehead atoms. The van der Waals surface area contributed by atoms with Crippen LogP contribution in [0.3, 0.4) is 0 Å². The van der Waals surface area contributed by atoms with Gasteiger partial charge in [0.2, 0.25) is 11.8 Å². The van der Waals surface area contributed by atoms with Gasteiger partial charge in [-0.15, -0.1) is 0 Å². The van der Waals surface area contributed by atoms with Gasteiger partial charge in [0.1, 0.15) is 18.3 Å². The zero-order valence-corrected chi connectivity index (χ0v) is 25.6. The van der Waals surface area contributed by atoms with Gasteiger partial charge >= 0.3 is 0 Å². The van der Waals surface area contributed by atoms with Crippen molar-refractivity contribution in [3.63, 3.8) is 0 Å². The summed E-state index contributed by atoms with van der Waals surface area (Å²) in [5, 5.41) is 2.95. The van der Waals surface area contributed by atoms with E-state index in [0.717, 1.165) is 23.1 Å². The van der Waals surface area contributed by atoms with Gasteiger partial charge in [0.15, 0.2) is 0 Å². The smallest absolute Gasteiger partial charge is 0.264 e. The molecule has 1 N–H and O–H groups in total. The maximum absolute atomic E-state index is 14.1. The molecule has 0 aliphatic heterocycles. The molecule has 0 saturated carbocycles. The molecule has 0 unspecified atom stereocenters. The molecule has 2 amide bonds. The number of methoxy groups -OCH3 is 1. The molecule has 3 rings (SSSR count). The van der Waals surface area contributed by atoms with Crippen LogP contribution in [0.2, 0.25) is 0 Å². The zero-order chi connectivity index (χ0) is 30.2. The van der Waals surface area contributed by atoms with E-state index in [4.69, 9.17) is 4.74 Å². The van der Waals surface area contributed by atoms with Crippen molar-refractivity contribution in [2.75, 3.05) is 18.0 Å². The Morgan fingerprint density at radius 3 is 2.15 bits per heavy atom. The van der Waals surface area contributed by atoms with Gasteiger partial charge in [-0.25, -0.2) is 8.42 Å². The summed E-state index contributed by atoms with van der Waals surface area (Å²) < 4.78 is 34.5. The molecule has 0 aromatic heterocycles. The van der Waals surface area contributed by atoms with E-state index in [1.807, 2.05) is 52.0 Å². The number of ether oxygens (including phenoxy) is 1. The monoisotopic (exact) mass is 579 g/mol. The van der Waals surface area contributed by atoms with Crippen LogP contribution < -0.4 is 14.4 Å². The van der Waals surface area contributed by atoms with Crippen LogP contribution in [0, 0.1) is 6.92 Å². The van der Waals surface area contributed by atoms with Crippen molar-refractivity contribution in [1.82, 2.24) is 10.2 Å². The molecule has 8 nitrogen and oxygen atoms in total. The first-order valence-corrected chi connectivity index (χ1v) is 15.4. The van der Waals surface area contributed by atoms with Crippen molar-refractivity contribution in [2.24, 2.45) is 0 Å². The number of sulfonamides is 1. The first-order valence-electron chi connectivity index (χ1n) is 13.9. The molecule has 0 aliphatic rings. The third-order valence-corrected chi connectivity index (χ3v) is 8.98. The fourth-order valence-corrected chi connectivity index (χ4v) is 5.83. The zero-order valence-electron chi connectivity index (χ0n) is 24.8. The quantitative estimate of drug-likeness (QED) is 0.304. The summed E-state index contributed by atoms with van der Waals surface area (Å²) in [6.07, 6.45) is 1.31. The predicted molar refractivity (Wildman–Crippen MR) is 162 cm³/mol. The number of amides is 2. The second-order valence-electron chi connectivity index (χ2n) is 10.2. The Kier molecular flexibility index (Phi) is 10.9. The van der Waals surface area contributed by atoms with E-state index in [0.29, 0.717) is 17.9 Å². The average Bonchev–Trinajstić information content (AvgIpc) is 2.98. The topological polar surface area (TPSA) is 96.0 Å². The number of carbonyl (C=O) groups is 2. The van der Waals surface area contributed by atoms with Crippen molar-refractivity contribution in [1.29, 1.82) is 0 Å². The van der Waals surface area contributed by atoms with E-state index < -0.39 is 28.5 Å². The molecule has 0 aliphatic carbocycles. The van der Waals surface area contributed by atoms with E-state index in [2.05, 4.69) is 5.32 Å². The minimum Gasteiger partial charge on any atom is -0.497 e. The Morgan fingerprint density at radius 1 is 0.927 bits per heavy atom. The summed E-state index contributed by atoms with van der Waals surface area (Å²) in [6.45, 7) is 9.00. The lowest BCUT2D eigenvalue weighted by atomic mass is 10.1.